The molecule has 2 N–H and O–H groups in total. The van der Waals surface area contributed by atoms with Gasteiger partial charge in [-0.15, -0.1) is 0 Å². The van der Waals surface area contributed by atoms with E-state index in [4.69, 9.17) is 22.6 Å². The van der Waals surface area contributed by atoms with E-state index < -0.39 is 24.0 Å². The second-order valence-corrected chi connectivity index (χ2v) is 3.02. The summed E-state index contributed by atoms with van der Waals surface area (Å²) in [6.45, 7) is -0.458. The number of nitrogens with zero attached hydrogens (tertiary/aromatic N) is 1. The van der Waals surface area contributed by atoms with Gasteiger partial charge in [0.05, 0.1) is 5.69 Å². The molecule has 0 aromatic heterocycles. The Morgan fingerprint density at radius 1 is 1.67 bits per heavy atom. The number of anilines is 1. The van der Waals surface area contributed by atoms with E-state index in [1.807, 2.05) is 0 Å². The number of hydrogen-bond acceptors (Lipinski definition) is 4. The molecule has 0 saturated carbocycles. The molecule has 15 heavy (non-hydrogen) atoms. The van der Waals surface area contributed by atoms with Gasteiger partial charge in [-0.3, -0.25) is 0 Å². The van der Waals surface area contributed by atoms with Gasteiger partial charge in [0.25, 0.3) is 0 Å². The summed E-state index contributed by atoms with van der Waals surface area (Å²) in [5, 5.41) is 8.26. The van der Waals surface area contributed by atoms with Crippen molar-refractivity contribution in [1.29, 1.82) is 5.26 Å². The molecule has 0 aliphatic heterocycles. The van der Waals surface area contributed by atoms with E-state index in [0.29, 0.717) is 0 Å². The van der Waals surface area contributed by atoms with Crippen LogP contribution in [0.15, 0.2) is 12.1 Å². The summed E-state index contributed by atoms with van der Waals surface area (Å²) in [4.78, 5) is 11.2. The molecule has 0 radical (unpaired) electrons. The number of carbonyl (C=O) groups is 1. The lowest BCUT2D eigenvalue weighted by Gasteiger charge is -2.05. The molecule has 0 atom stereocenters. The highest BCUT2D eigenvalue weighted by Gasteiger charge is 2.17. The number of rotatable bonds is 2. The zero-order valence-electron chi connectivity index (χ0n) is 7.46. The fourth-order valence-corrected chi connectivity index (χ4v) is 1.19. The summed E-state index contributed by atoms with van der Waals surface area (Å²) in [6, 6.07) is 3.76. The van der Waals surface area contributed by atoms with Crippen LogP contribution in [0.5, 0.6) is 0 Å². The van der Waals surface area contributed by atoms with E-state index in [-0.39, 0.29) is 10.7 Å². The average Bonchev–Trinajstić information content (AvgIpc) is 2.12. The monoisotopic (exact) mass is 228 g/mol. The molecule has 0 saturated heterocycles. The SMILES string of the molecule is N#CCOC(=O)c1c(N)cc(Cl)cc1F. The van der Waals surface area contributed by atoms with Crippen LogP contribution in [0.2, 0.25) is 5.02 Å². The first kappa shape index (κ1) is 11.3. The van der Waals surface area contributed by atoms with Crippen molar-refractivity contribution in [3.63, 3.8) is 0 Å². The summed E-state index contributed by atoms with van der Waals surface area (Å²) in [5.41, 5.74) is 4.86. The number of nitrogen functional groups attached to an aromatic ring is 1. The molecule has 1 aromatic carbocycles. The van der Waals surface area contributed by atoms with Crippen LogP contribution < -0.4 is 5.73 Å². The number of nitriles is 1. The Morgan fingerprint density at radius 3 is 2.87 bits per heavy atom. The lowest BCUT2D eigenvalue weighted by Crippen LogP contribution is -2.11. The number of hydrogen-bond donors (Lipinski definition) is 1. The Bertz CT molecular complexity index is 419. The van der Waals surface area contributed by atoms with Crippen LogP contribution in [0.25, 0.3) is 0 Å². The van der Waals surface area contributed by atoms with Crippen LogP contribution in [0.1, 0.15) is 10.4 Å². The highest BCUT2D eigenvalue weighted by molar-refractivity contribution is 6.31. The van der Waals surface area contributed by atoms with Crippen molar-refractivity contribution >= 4 is 23.3 Å². The molecular weight excluding hydrogens is 223 g/mol. The van der Waals surface area contributed by atoms with Crippen molar-refractivity contribution in [2.24, 2.45) is 0 Å². The Kier molecular flexibility index (Phi) is 3.47. The van der Waals surface area contributed by atoms with Crippen LogP contribution in [0.3, 0.4) is 0 Å². The maximum absolute atomic E-state index is 13.2. The maximum Gasteiger partial charge on any atom is 0.344 e. The van der Waals surface area contributed by atoms with Gasteiger partial charge in [0.2, 0.25) is 0 Å². The van der Waals surface area contributed by atoms with Crippen molar-refractivity contribution in [1.82, 2.24) is 0 Å². The van der Waals surface area contributed by atoms with E-state index >= 15 is 0 Å². The summed E-state index contributed by atoms with van der Waals surface area (Å²) in [5.74, 6) is -1.86. The second-order valence-electron chi connectivity index (χ2n) is 2.59. The number of ether oxygens (including phenoxy) is 1. The quantitative estimate of drug-likeness (QED) is 0.618. The van der Waals surface area contributed by atoms with Crippen LogP contribution in [-0.4, -0.2) is 12.6 Å². The minimum Gasteiger partial charge on any atom is -0.447 e. The second kappa shape index (κ2) is 4.62. The first-order chi connectivity index (χ1) is 7.06. The zero-order valence-corrected chi connectivity index (χ0v) is 8.21. The first-order valence-electron chi connectivity index (χ1n) is 3.85. The normalized spacial score (nSPS) is 9.40. The third-order valence-electron chi connectivity index (χ3n) is 1.56. The van der Waals surface area contributed by atoms with Crippen LogP contribution >= 0.6 is 11.6 Å². The molecule has 0 spiro atoms. The highest BCUT2D eigenvalue weighted by Crippen LogP contribution is 2.22. The van der Waals surface area contributed by atoms with Gasteiger partial charge in [-0.25, -0.2) is 9.18 Å². The molecule has 0 unspecified atom stereocenters. The topological polar surface area (TPSA) is 76.1 Å². The number of esters is 1. The first-order valence-corrected chi connectivity index (χ1v) is 4.22. The van der Waals surface area contributed by atoms with E-state index in [1.165, 1.54) is 6.07 Å². The summed E-state index contributed by atoms with van der Waals surface area (Å²) < 4.78 is 17.7. The summed E-state index contributed by atoms with van der Waals surface area (Å²) in [7, 11) is 0. The van der Waals surface area contributed by atoms with E-state index in [9.17, 15) is 9.18 Å². The minimum absolute atomic E-state index is 0.0850. The smallest absolute Gasteiger partial charge is 0.344 e. The van der Waals surface area contributed by atoms with Gasteiger partial charge in [-0.2, -0.15) is 5.26 Å². The molecule has 0 aliphatic rings. The van der Waals surface area contributed by atoms with Crippen molar-refractivity contribution in [3.05, 3.63) is 28.5 Å². The van der Waals surface area contributed by atoms with E-state index in [0.717, 1.165) is 6.07 Å². The molecule has 0 aliphatic carbocycles. The van der Waals surface area contributed by atoms with Crippen molar-refractivity contribution in [3.8, 4) is 6.07 Å². The molecule has 1 aromatic rings. The minimum atomic E-state index is -0.983. The summed E-state index contributed by atoms with van der Waals surface area (Å²) in [6.07, 6.45) is 0. The lowest BCUT2D eigenvalue weighted by atomic mass is 10.1. The molecule has 0 amide bonds. The number of benzene rings is 1. The number of carbonyl (C=O) groups excluding carboxylic acids is 1. The molecule has 1 rings (SSSR count). The van der Waals surface area contributed by atoms with E-state index in [2.05, 4.69) is 4.74 Å². The van der Waals surface area contributed by atoms with Gasteiger partial charge in [-0.05, 0) is 12.1 Å². The molecule has 4 nitrogen and oxygen atoms in total. The zero-order chi connectivity index (χ0) is 11.4. The van der Waals surface area contributed by atoms with Gasteiger partial charge in [-0.1, -0.05) is 11.6 Å². The van der Waals surface area contributed by atoms with Gasteiger partial charge in [0.1, 0.15) is 17.4 Å². The van der Waals surface area contributed by atoms with Crippen molar-refractivity contribution in [2.75, 3.05) is 12.3 Å². The van der Waals surface area contributed by atoms with Crippen LogP contribution in [0, 0.1) is 17.1 Å². The predicted molar refractivity (Wildman–Crippen MR) is 51.7 cm³/mol. The molecule has 78 valence electrons. The Labute approximate surface area is 90.0 Å². The fraction of sp³-hybridized carbons (Fsp3) is 0.111. The van der Waals surface area contributed by atoms with Gasteiger partial charge < -0.3 is 10.5 Å². The Morgan fingerprint density at radius 2 is 2.33 bits per heavy atom. The molecule has 6 heteroatoms. The van der Waals surface area contributed by atoms with Crippen LogP contribution in [0.4, 0.5) is 10.1 Å². The van der Waals surface area contributed by atoms with E-state index in [1.54, 1.807) is 6.07 Å². The molecule has 0 bridgehead atoms. The van der Waals surface area contributed by atoms with Crippen molar-refractivity contribution < 1.29 is 13.9 Å². The molecule has 0 fully saturated rings. The Balaban J connectivity index is 3.04. The van der Waals surface area contributed by atoms with Crippen molar-refractivity contribution in [2.45, 2.75) is 0 Å². The lowest BCUT2D eigenvalue weighted by molar-refractivity contribution is 0.0551. The summed E-state index contributed by atoms with van der Waals surface area (Å²) >= 11 is 5.51. The third-order valence-corrected chi connectivity index (χ3v) is 1.78. The number of halogens is 2. The van der Waals surface area contributed by atoms with Gasteiger partial charge >= 0.3 is 5.97 Å². The highest BCUT2D eigenvalue weighted by atomic mass is 35.5. The molecule has 0 heterocycles. The number of nitrogens with two attached hydrogens (primary N) is 1. The van der Waals surface area contributed by atoms with Gasteiger partial charge in [0.15, 0.2) is 6.61 Å². The third kappa shape index (κ3) is 2.58. The van der Waals surface area contributed by atoms with Gasteiger partial charge in [0, 0.05) is 5.02 Å². The maximum atomic E-state index is 13.2. The average molecular weight is 229 g/mol. The standard InChI is InChI=1S/C9H6ClFN2O2/c10-5-3-6(11)8(7(13)4-5)9(14)15-2-1-12/h3-4H,2,13H2. The molecular formula is C9H6ClFN2O2. The Hall–Kier alpha value is -1.80. The largest absolute Gasteiger partial charge is 0.447 e. The van der Waals surface area contributed by atoms with Crippen LogP contribution in [-0.2, 0) is 4.74 Å². The predicted octanol–water partition coefficient (Wildman–Crippen LogP) is 1.74. The fourth-order valence-electron chi connectivity index (χ4n) is 0.979.